The van der Waals surface area contributed by atoms with Crippen molar-refractivity contribution in [3.8, 4) is 0 Å². The topological polar surface area (TPSA) is 75.3 Å². The summed E-state index contributed by atoms with van der Waals surface area (Å²) in [6.45, 7) is 12.2. The summed E-state index contributed by atoms with van der Waals surface area (Å²) in [5.74, 6) is 2.25. The molecule has 6 heteroatoms. The Morgan fingerprint density at radius 2 is 2.04 bits per heavy atom. The fraction of sp³-hybridized carbons (Fsp3) is 0.500. The maximum atomic E-state index is 5.79. The standard InChI is InChI=1S/C18H27N5O/c1-6-19-17(22-10-14-13(2)8-7-9-20-14)23-12-16-21-11-15(24-16)18(3,4)5/h7-9,11H,6,10,12H2,1-5H3,(H2,19,22,23). The second kappa shape index (κ2) is 7.95. The summed E-state index contributed by atoms with van der Waals surface area (Å²) in [5, 5.41) is 6.47. The minimum Gasteiger partial charge on any atom is -0.443 e. The van der Waals surface area contributed by atoms with Gasteiger partial charge in [-0.2, -0.15) is 0 Å². The van der Waals surface area contributed by atoms with Crippen molar-refractivity contribution in [2.24, 2.45) is 4.99 Å². The molecule has 0 spiro atoms. The van der Waals surface area contributed by atoms with E-state index in [0.717, 1.165) is 29.5 Å². The molecule has 6 nitrogen and oxygen atoms in total. The quantitative estimate of drug-likeness (QED) is 0.651. The zero-order valence-corrected chi connectivity index (χ0v) is 15.2. The molecule has 0 radical (unpaired) electrons. The molecule has 0 aromatic carbocycles. The Bertz CT molecular complexity index is 685. The molecule has 0 atom stereocenters. The molecule has 0 unspecified atom stereocenters. The molecule has 0 fully saturated rings. The van der Waals surface area contributed by atoms with Gasteiger partial charge in [0.1, 0.15) is 5.76 Å². The highest BCUT2D eigenvalue weighted by Crippen LogP contribution is 2.22. The molecule has 2 N–H and O–H groups in total. The van der Waals surface area contributed by atoms with Gasteiger partial charge in [0.25, 0.3) is 0 Å². The first-order valence-electron chi connectivity index (χ1n) is 8.28. The lowest BCUT2D eigenvalue weighted by atomic mass is 9.94. The monoisotopic (exact) mass is 329 g/mol. The third-order valence-electron chi connectivity index (χ3n) is 3.55. The van der Waals surface area contributed by atoms with Gasteiger partial charge in [-0.3, -0.25) is 4.98 Å². The first-order valence-corrected chi connectivity index (χ1v) is 8.28. The molecule has 2 aromatic rings. The third-order valence-corrected chi connectivity index (χ3v) is 3.55. The normalized spacial score (nSPS) is 12.3. The van der Waals surface area contributed by atoms with Crippen LogP contribution < -0.4 is 10.6 Å². The van der Waals surface area contributed by atoms with Crippen LogP contribution >= 0.6 is 0 Å². The van der Waals surface area contributed by atoms with Gasteiger partial charge in [0.2, 0.25) is 5.89 Å². The maximum absolute atomic E-state index is 5.79. The van der Waals surface area contributed by atoms with Crippen LogP contribution in [0, 0.1) is 6.92 Å². The van der Waals surface area contributed by atoms with E-state index in [-0.39, 0.29) is 5.41 Å². The summed E-state index contributed by atoms with van der Waals surface area (Å²) in [6, 6.07) is 3.97. The van der Waals surface area contributed by atoms with E-state index in [1.54, 1.807) is 12.4 Å². The number of oxazole rings is 1. The van der Waals surface area contributed by atoms with Gasteiger partial charge in [0, 0.05) is 18.2 Å². The van der Waals surface area contributed by atoms with E-state index in [2.05, 4.69) is 46.4 Å². The van der Waals surface area contributed by atoms with Gasteiger partial charge in [-0.15, -0.1) is 0 Å². The van der Waals surface area contributed by atoms with Crippen LogP contribution in [0.1, 0.15) is 50.6 Å². The lowest BCUT2D eigenvalue weighted by Gasteiger charge is -2.13. The van der Waals surface area contributed by atoms with Gasteiger partial charge < -0.3 is 15.1 Å². The number of rotatable bonds is 5. The first-order chi connectivity index (χ1) is 11.4. The molecule has 0 saturated heterocycles. The van der Waals surface area contributed by atoms with Crippen LogP contribution in [0.25, 0.3) is 0 Å². The van der Waals surface area contributed by atoms with Gasteiger partial charge in [0.15, 0.2) is 5.96 Å². The molecule has 0 aliphatic rings. The number of nitrogens with one attached hydrogen (secondary N) is 2. The van der Waals surface area contributed by atoms with E-state index >= 15 is 0 Å². The van der Waals surface area contributed by atoms with E-state index in [1.807, 2.05) is 26.0 Å². The van der Waals surface area contributed by atoms with Gasteiger partial charge >= 0.3 is 0 Å². The van der Waals surface area contributed by atoms with Crippen molar-refractivity contribution >= 4 is 5.96 Å². The Morgan fingerprint density at radius 3 is 2.67 bits per heavy atom. The third kappa shape index (κ3) is 5.08. The van der Waals surface area contributed by atoms with Crippen LogP contribution in [0.5, 0.6) is 0 Å². The minimum absolute atomic E-state index is 0.0413. The molecule has 0 aliphatic heterocycles. The van der Waals surface area contributed by atoms with Crippen LogP contribution in [0.3, 0.4) is 0 Å². The predicted molar refractivity (Wildman–Crippen MR) is 95.8 cm³/mol. The van der Waals surface area contributed by atoms with E-state index < -0.39 is 0 Å². The largest absolute Gasteiger partial charge is 0.443 e. The fourth-order valence-electron chi connectivity index (χ4n) is 2.08. The number of aromatic nitrogens is 2. The summed E-state index contributed by atoms with van der Waals surface area (Å²) in [6.07, 6.45) is 3.58. The number of hydrogen-bond donors (Lipinski definition) is 2. The predicted octanol–water partition coefficient (Wildman–Crippen LogP) is 2.93. The minimum atomic E-state index is -0.0413. The SMILES string of the molecule is CCNC(=NCc1ncccc1C)NCc1ncc(C(C)(C)C)o1. The average molecular weight is 329 g/mol. The Morgan fingerprint density at radius 1 is 1.25 bits per heavy atom. The van der Waals surface area contributed by atoms with Crippen LogP contribution in [-0.2, 0) is 18.5 Å². The highest BCUT2D eigenvalue weighted by Gasteiger charge is 2.19. The number of guanidine groups is 1. The van der Waals surface area contributed by atoms with Crippen molar-refractivity contribution in [1.82, 2.24) is 20.6 Å². The van der Waals surface area contributed by atoms with Crippen LogP contribution in [0.2, 0.25) is 0 Å². The lowest BCUT2D eigenvalue weighted by Crippen LogP contribution is -2.36. The number of aryl methyl sites for hydroxylation is 1. The van der Waals surface area contributed by atoms with Crippen molar-refractivity contribution in [2.45, 2.75) is 53.1 Å². The molecule has 0 bridgehead atoms. The molecule has 24 heavy (non-hydrogen) atoms. The zero-order chi connectivity index (χ0) is 17.6. The number of hydrogen-bond acceptors (Lipinski definition) is 4. The second-order valence-corrected chi connectivity index (χ2v) is 6.68. The summed E-state index contributed by atoms with van der Waals surface area (Å²) in [7, 11) is 0. The molecule has 2 rings (SSSR count). The van der Waals surface area contributed by atoms with Crippen LogP contribution in [-0.4, -0.2) is 22.5 Å². The molecular weight excluding hydrogens is 302 g/mol. The highest BCUT2D eigenvalue weighted by molar-refractivity contribution is 5.79. The second-order valence-electron chi connectivity index (χ2n) is 6.68. The average Bonchev–Trinajstić information content (AvgIpc) is 3.00. The summed E-state index contributed by atoms with van der Waals surface area (Å²) < 4.78 is 5.79. The number of pyridine rings is 1. The van der Waals surface area contributed by atoms with Crippen molar-refractivity contribution in [1.29, 1.82) is 0 Å². The van der Waals surface area contributed by atoms with Gasteiger partial charge in [0.05, 0.1) is 25.0 Å². The molecule has 0 amide bonds. The zero-order valence-electron chi connectivity index (χ0n) is 15.2. The van der Waals surface area contributed by atoms with Crippen molar-refractivity contribution in [3.05, 3.63) is 47.4 Å². The molecule has 130 valence electrons. The first kappa shape index (κ1) is 18.0. The lowest BCUT2D eigenvalue weighted by molar-refractivity contribution is 0.379. The van der Waals surface area contributed by atoms with Crippen molar-refractivity contribution < 1.29 is 4.42 Å². The smallest absolute Gasteiger partial charge is 0.213 e. The van der Waals surface area contributed by atoms with Crippen molar-refractivity contribution in [3.63, 3.8) is 0 Å². The van der Waals surface area contributed by atoms with Gasteiger partial charge in [-0.25, -0.2) is 9.98 Å². The molecule has 2 heterocycles. The van der Waals surface area contributed by atoms with E-state index in [9.17, 15) is 0 Å². The van der Waals surface area contributed by atoms with Crippen molar-refractivity contribution in [2.75, 3.05) is 6.54 Å². The number of nitrogens with zero attached hydrogens (tertiary/aromatic N) is 3. The van der Waals surface area contributed by atoms with Gasteiger partial charge in [-0.1, -0.05) is 26.8 Å². The summed E-state index contributed by atoms with van der Waals surface area (Å²) in [5.41, 5.74) is 2.07. The number of aliphatic imine (C=N–C) groups is 1. The Hall–Kier alpha value is -2.37. The molecule has 2 aromatic heterocycles. The maximum Gasteiger partial charge on any atom is 0.213 e. The highest BCUT2D eigenvalue weighted by atomic mass is 16.4. The molecule has 0 aliphatic carbocycles. The summed E-state index contributed by atoms with van der Waals surface area (Å²) >= 11 is 0. The molecular formula is C18H27N5O. The van der Waals surface area contributed by atoms with E-state index in [0.29, 0.717) is 19.0 Å². The Labute approximate surface area is 143 Å². The summed E-state index contributed by atoms with van der Waals surface area (Å²) in [4.78, 5) is 13.3. The fourth-order valence-corrected chi connectivity index (χ4v) is 2.08. The Kier molecular flexibility index (Phi) is 5.95. The Balaban J connectivity index is 1.99. The van der Waals surface area contributed by atoms with E-state index in [4.69, 9.17) is 4.42 Å². The van der Waals surface area contributed by atoms with Crippen LogP contribution in [0.4, 0.5) is 0 Å². The molecule has 0 saturated carbocycles. The van der Waals surface area contributed by atoms with Gasteiger partial charge in [-0.05, 0) is 25.5 Å². The van der Waals surface area contributed by atoms with Crippen LogP contribution in [0.15, 0.2) is 33.9 Å². The van der Waals surface area contributed by atoms with E-state index in [1.165, 1.54) is 0 Å².